The number of carbonyl (C=O) groups excluding carboxylic acids is 1. The van der Waals surface area contributed by atoms with Gasteiger partial charge in [-0.05, 0) is 59.2 Å². The fraction of sp³-hybridized carbons (Fsp3) is 0.480. The molecular formula is C25H27Cl2F2N3O2. The summed E-state index contributed by atoms with van der Waals surface area (Å²) >= 11 is 11.8. The number of hydrogen-bond donors (Lipinski definition) is 0. The standard InChI is InChI=1S/C25H27Cl2F2N3O2/c1-15-11-25(23(33)34-24(2,3)4,12-18-10-17(13-30)21(29)22(27)31-18)8-9-32(15)14-16-6-5-7-19(26)20(16)28/h5-7,10,15H,8-9,11-12,14H2,1-4H3/t15-,25-/m1/s1. The van der Waals surface area contributed by atoms with Crippen LogP contribution in [-0.2, 0) is 22.5 Å². The Balaban J connectivity index is 1.90. The number of hydrogen-bond acceptors (Lipinski definition) is 5. The maximum Gasteiger partial charge on any atom is 0.313 e. The summed E-state index contributed by atoms with van der Waals surface area (Å²) in [6.07, 6.45) is 0.954. The molecule has 1 aliphatic rings. The summed E-state index contributed by atoms with van der Waals surface area (Å²) in [6, 6.07) is 7.90. The molecule has 0 saturated carbocycles. The third-order valence-electron chi connectivity index (χ3n) is 6.03. The maximum atomic E-state index is 14.5. The predicted molar refractivity (Wildman–Crippen MR) is 126 cm³/mol. The SMILES string of the molecule is C[C@@H]1C[C@](Cc2cc(C#N)c(F)c(Cl)n2)(C(=O)OC(C)(C)C)CCN1Cc1cccc(Cl)c1F. The largest absolute Gasteiger partial charge is 0.460 e. The number of ether oxygens (including phenoxy) is 1. The molecule has 2 atom stereocenters. The molecule has 0 amide bonds. The Kier molecular flexibility index (Phi) is 7.86. The van der Waals surface area contributed by atoms with Crippen molar-refractivity contribution >= 4 is 29.2 Å². The van der Waals surface area contributed by atoms with Gasteiger partial charge in [-0.1, -0.05) is 35.3 Å². The molecule has 1 saturated heterocycles. The molecule has 0 radical (unpaired) electrons. The highest BCUT2D eigenvalue weighted by Crippen LogP contribution is 2.41. The molecule has 2 aromatic rings. The van der Waals surface area contributed by atoms with Crippen LogP contribution in [0.2, 0.25) is 10.2 Å². The van der Waals surface area contributed by atoms with Crippen LogP contribution in [0, 0.1) is 28.4 Å². The van der Waals surface area contributed by atoms with Crippen molar-refractivity contribution < 1.29 is 18.3 Å². The van der Waals surface area contributed by atoms with Gasteiger partial charge in [-0.3, -0.25) is 9.69 Å². The first-order valence-electron chi connectivity index (χ1n) is 11.0. The first kappa shape index (κ1) is 26.3. The highest BCUT2D eigenvalue weighted by molar-refractivity contribution is 6.30. The zero-order valence-electron chi connectivity index (χ0n) is 19.6. The monoisotopic (exact) mass is 509 g/mol. The lowest BCUT2D eigenvalue weighted by Gasteiger charge is -2.45. The first-order valence-corrected chi connectivity index (χ1v) is 11.8. The molecule has 3 rings (SSSR count). The zero-order valence-corrected chi connectivity index (χ0v) is 21.1. The summed E-state index contributed by atoms with van der Waals surface area (Å²) in [5, 5.41) is 8.90. The fourth-order valence-electron chi connectivity index (χ4n) is 4.37. The Labute approximate surface area is 208 Å². The van der Waals surface area contributed by atoms with Crippen molar-refractivity contribution in [1.29, 1.82) is 5.26 Å². The van der Waals surface area contributed by atoms with E-state index in [4.69, 9.17) is 27.9 Å². The van der Waals surface area contributed by atoms with Gasteiger partial charge < -0.3 is 4.74 Å². The molecule has 0 bridgehead atoms. The maximum absolute atomic E-state index is 14.5. The number of esters is 1. The lowest BCUT2D eigenvalue weighted by molar-refractivity contribution is -0.172. The molecule has 182 valence electrons. The highest BCUT2D eigenvalue weighted by Gasteiger charge is 2.47. The summed E-state index contributed by atoms with van der Waals surface area (Å²) < 4.78 is 34.3. The molecule has 2 heterocycles. The molecule has 34 heavy (non-hydrogen) atoms. The average Bonchev–Trinajstić information content (AvgIpc) is 2.74. The fourth-order valence-corrected chi connectivity index (χ4v) is 4.77. The highest BCUT2D eigenvalue weighted by atomic mass is 35.5. The second-order valence-corrected chi connectivity index (χ2v) is 10.6. The number of carbonyl (C=O) groups is 1. The summed E-state index contributed by atoms with van der Waals surface area (Å²) in [6.45, 7) is 8.18. The molecule has 9 heteroatoms. The minimum absolute atomic E-state index is 0.0674. The molecule has 5 nitrogen and oxygen atoms in total. The third kappa shape index (κ3) is 5.86. The molecule has 1 fully saturated rings. The van der Waals surface area contributed by atoms with Gasteiger partial charge in [0.25, 0.3) is 0 Å². The molecule has 0 aliphatic carbocycles. The minimum Gasteiger partial charge on any atom is -0.460 e. The van der Waals surface area contributed by atoms with E-state index in [9.17, 15) is 18.8 Å². The van der Waals surface area contributed by atoms with Crippen LogP contribution >= 0.6 is 23.2 Å². The van der Waals surface area contributed by atoms with Crippen molar-refractivity contribution in [3.8, 4) is 6.07 Å². The molecule has 1 aliphatic heterocycles. The predicted octanol–water partition coefficient (Wildman–Crippen LogP) is 6.09. The van der Waals surface area contributed by atoms with Gasteiger partial charge in [0, 0.05) is 30.3 Å². The number of aromatic nitrogens is 1. The van der Waals surface area contributed by atoms with Crippen LogP contribution in [0.15, 0.2) is 24.3 Å². The number of benzene rings is 1. The lowest BCUT2D eigenvalue weighted by atomic mass is 9.72. The Morgan fingerprint density at radius 2 is 2.03 bits per heavy atom. The van der Waals surface area contributed by atoms with Crippen LogP contribution in [0.1, 0.15) is 57.4 Å². The van der Waals surface area contributed by atoms with Crippen molar-refractivity contribution in [2.24, 2.45) is 5.41 Å². The van der Waals surface area contributed by atoms with E-state index in [1.807, 2.05) is 6.92 Å². The quantitative estimate of drug-likeness (QED) is 0.360. The summed E-state index contributed by atoms with van der Waals surface area (Å²) in [7, 11) is 0. The Morgan fingerprint density at radius 3 is 2.65 bits per heavy atom. The average molecular weight is 510 g/mol. The number of nitrogens with zero attached hydrogens (tertiary/aromatic N) is 3. The molecule has 1 aromatic heterocycles. The second-order valence-electron chi connectivity index (χ2n) is 9.82. The molecule has 0 N–H and O–H groups in total. The molecular weight excluding hydrogens is 483 g/mol. The summed E-state index contributed by atoms with van der Waals surface area (Å²) in [5.41, 5.74) is -1.07. The normalized spacial score (nSPS) is 21.2. The van der Waals surface area contributed by atoms with Crippen LogP contribution in [0.25, 0.3) is 0 Å². The number of halogens is 4. The van der Waals surface area contributed by atoms with Crippen molar-refractivity contribution in [3.63, 3.8) is 0 Å². The number of piperidine rings is 1. The van der Waals surface area contributed by atoms with E-state index >= 15 is 0 Å². The van der Waals surface area contributed by atoms with Crippen LogP contribution < -0.4 is 0 Å². The van der Waals surface area contributed by atoms with Gasteiger partial charge in [0.2, 0.25) is 0 Å². The van der Waals surface area contributed by atoms with E-state index in [0.717, 1.165) is 0 Å². The Bertz CT molecular complexity index is 1130. The van der Waals surface area contributed by atoms with Gasteiger partial charge in [-0.25, -0.2) is 13.8 Å². The van der Waals surface area contributed by atoms with Gasteiger partial charge in [0.1, 0.15) is 17.5 Å². The zero-order chi connectivity index (χ0) is 25.3. The van der Waals surface area contributed by atoms with Gasteiger partial charge in [-0.2, -0.15) is 5.26 Å². The van der Waals surface area contributed by atoms with Crippen LogP contribution in [0.4, 0.5) is 8.78 Å². The summed E-state index contributed by atoms with van der Waals surface area (Å²) in [5.74, 6) is -1.72. The first-order chi connectivity index (χ1) is 15.8. The van der Waals surface area contributed by atoms with E-state index < -0.39 is 27.8 Å². The summed E-state index contributed by atoms with van der Waals surface area (Å²) in [4.78, 5) is 19.6. The van der Waals surface area contributed by atoms with Crippen LogP contribution in [0.3, 0.4) is 0 Å². The van der Waals surface area contributed by atoms with E-state index in [-0.39, 0.29) is 29.0 Å². The van der Waals surface area contributed by atoms with Crippen molar-refractivity contribution in [2.75, 3.05) is 6.54 Å². The topological polar surface area (TPSA) is 66.2 Å². The van der Waals surface area contributed by atoms with E-state index in [2.05, 4.69) is 9.88 Å². The second kappa shape index (κ2) is 10.2. The lowest BCUT2D eigenvalue weighted by Crippen LogP contribution is -2.51. The van der Waals surface area contributed by atoms with Crippen LogP contribution in [0.5, 0.6) is 0 Å². The number of nitriles is 1. The third-order valence-corrected chi connectivity index (χ3v) is 6.58. The Hall–Kier alpha value is -2.27. The van der Waals surface area contributed by atoms with Crippen molar-refractivity contribution in [2.45, 2.75) is 65.1 Å². The van der Waals surface area contributed by atoms with Gasteiger partial charge in [-0.15, -0.1) is 0 Å². The number of rotatable bonds is 5. The molecule has 0 spiro atoms. The number of pyridine rings is 1. The van der Waals surface area contributed by atoms with Gasteiger partial charge in [0.05, 0.1) is 16.0 Å². The smallest absolute Gasteiger partial charge is 0.313 e. The molecule has 1 aromatic carbocycles. The van der Waals surface area contributed by atoms with E-state index in [1.54, 1.807) is 39.0 Å². The van der Waals surface area contributed by atoms with Gasteiger partial charge in [0.15, 0.2) is 11.0 Å². The minimum atomic E-state index is -0.961. The Morgan fingerprint density at radius 1 is 1.32 bits per heavy atom. The van der Waals surface area contributed by atoms with E-state index in [0.29, 0.717) is 37.2 Å². The molecule has 0 unspecified atom stereocenters. The van der Waals surface area contributed by atoms with E-state index in [1.165, 1.54) is 12.1 Å². The number of likely N-dealkylation sites (tertiary alicyclic amines) is 1. The van der Waals surface area contributed by atoms with Crippen molar-refractivity contribution in [1.82, 2.24) is 9.88 Å². The van der Waals surface area contributed by atoms with Crippen molar-refractivity contribution in [3.05, 3.63) is 62.9 Å². The van der Waals surface area contributed by atoms with Crippen LogP contribution in [-0.4, -0.2) is 34.0 Å². The van der Waals surface area contributed by atoms with Gasteiger partial charge >= 0.3 is 5.97 Å².